The third kappa shape index (κ3) is 3.56. The van der Waals surface area contributed by atoms with Gasteiger partial charge >= 0.3 is 0 Å². The smallest absolute Gasteiger partial charge is 0.221 e. The second-order valence-corrected chi connectivity index (χ2v) is 5.77. The number of aromatic nitrogens is 3. The van der Waals surface area contributed by atoms with Crippen LogP contribution in [0.25, 0.3) is 11.3 Å². The lowest BCUT2D eigenvalue weighted by atomic mass is 10.0. The van der Waals surface area contributed by atoms with E-state index in [1.54, 1.807) is 30.5 Å². The maximum Gasteiger partial charge on any atom is 0.221 e. The molecule has 1 aromatic carbocycles. The number of anilines is 2. The maximum absolute atomic E-state index is 12.7. The largest absolute Gasteiger partial charge is 0.382 e. The van der Waals surface area contributed by atoms with Crippen LogP contribution in [0.2, 0.25) is 0 Å². The van der Waals surface area contributed by atoms with Crippen molar-refractivity contribution < 1.29 is 9.59 Å². The highest BCUT2D eigenvalue weighted by molar-refractivity contribution is 6.10. The average molecular weight is 347 g/mol. The van der Waals surface area contributed by atoms with Crippen LogP contribution in [0.1, 0.15) is 28.5 Å². The first kappa shape index (κ1) is 17.2. The van der Waals surface area contributed by atoms with E-state index in [4.69, 9.17) is 5.73 Å². The second-order valence-electron chi connectivity index (χ2n) is 5.77. The molecular formula is C19H17N5O2. The summed E-state index contributed by atoms with van der Waals surface area (Å²) in [6.45, 7) is 3.35. The van der Waals surface area contributed by atoms with Crippen molar-refractivity contribution in [3.8, 4) is 11.3 Å². The Morgan fingerprint density at radius 2 is 1.96 bits per heavy atom. The Kier molecular flexibility index (Phi) is 4.70. The minimum Gasteiger partial charge on any atom is -0.382 e. The number of pyridine rings is 1. The van der Waals surface area contributed by atoms with Gasteiger partial charge in [-0.05, 0) is 36.8 Å². The van der Waals surface area contributed by atoms with Gasteiger partial charge in [0.2, 0.25) is 11.7 Å². The summed E-state index contributed by atoms with van der Waals surface area (Å²) in [5.41, 5.74) is 9.14. The number of benzene rings is 1. The molecule has 0 aliphatic heterocycles. The molecule has 2 heterocycles. The Hall–Kier alpha value is -3.61. The molecule has 3 rings (SSSR count). The maximum atomic E-state index is 12.7. The molecule has 7 heteroatoms. The molecule has 0 aliphatic carbocycles. The van der Waals surface area contributed by atoms with Crippen LogP contribution in [-0.2, 0) is 4.79 Å². The number of carbonyl (C=O) groups is 2. The van der Waals surface area contributed by atoms with E-state index in [0.29, 0.717) is 16.9 Å². The highest BCUT2D eigenvalue weighted by Crippen LogP contribution is 2.26. The zero-order valence-electron chi connectivity index (χ0n) is 14.4. The standard InChI is InChI=1S/C19H17N5O2/c1-11-5-6-14(23-12(2)25)8-15(11)16-10-22-19(20)17(24-16)18(26)13-4-3-7-21-9-13/h3-10H,1-2H3,(H2,20,22)(H,23,25). The van der Waals surface area contributed by atoms with E-state index in [1.165, 1.54) is 19.3 Å². The fraction of sp³-hybridized carbons (Fsp3) is 0.105. The van der Waals surface area contributed by atoms with E-state index < -0.39 is 0 Å². The van der Waals surface area contributed by atoms with Gasteiger partial charge in [0, 0.05) is 36.1 Å². The lowest BCUT2D eigenvalue weighted by Gasteiger charge is -2.11. The Morgan fingerprint density at radius 1 is 1.15 bits per heavy atom. The van der Waals surface area contributed by atoms with Crippen molar-refractivity contribution in [1.29, 1.82) is 0 Å². The van der Waals surface area contributed by atoms with Gasteiger partial charge in [0.15, 0.2) is 11.5 Å². The molecule has 0 aliphatic rings. The van der Waals surface area contributed by atoms with Gasteiger partial charge in [-0.1, -0.05) is 6.07 Å². The van der Waals surface area contributed by atoms with Crippen molar-refractivity contribution in [2.24, 2.45) is 0 Å². The predicted octanol–water partition coefficient (Wildman–Crippen LogP) is 2.62. The molecule has 2 aromatic heterocycles. The summed E-state index contributed by atoms with van der Waals surface area (Å²) < 4.78 is 0. The van der Waals surface area contributed by atoms with Gasteiger partial charge in [0.05, 0.1) is 11.9 Å². The normalized spacial score (nSPS) is 10.4. The number of nitrogens with two attached hydrogens (primary N) is 1. The molecule has 0 bridgehead atoms. The molecule has 130 valence electrons. The molecule has 0 spiro atoms. The van der Waals surface area contributed by atoms with Crippen molar-refractivity contribution in [1.82, 2.24) is 15.0 Å². The van der Waals surface area contributed by atoms with E-state index in [-0.39, 0.29) is 23.2 Å². The Bertz CT molecular complexity index is 986. The van der Waals surface area contributed by atoms with E-state index in [0.717, 1.165) is 11.1 Å². The zero-order chi connectivity index (χ0) is 18.7. The summed E-state index contributed by atoms with van der Waals surface area (Å²) in [4.78, 5) is 36.4. The Morgan fingerprint density at radius 3 is 2.65 bits per heavy atom. The van der Waals surface area contributed by atoms with E-state index >= 15 is 0 Å². The number of rotatable bonds is 4. The van der Waals surface area contributed by atoms with Crippen molar-refractivity contribution in [3.63, 3.8) is 0 Å². The summed E-state index contributed by atoms with van der Waals surface area (Å²) in [6, 6.07) is 8.76. The molecular weight excluding hydrogens is 330 g/mol. The summed E-state index contributed by atoms with van der Waals surface area (Å²) in [5.74, 6) is -0.463. The fourth-order valence-corrected chi connectivity index (χ4v) is 2.51. The topological polar surface area (TPSA) is 111 Å². The van der Waals surface area contributed by atoms with Crippen molar-refractivity contribution in [2.75, 3.05) is 11.1 Å². The van der Waals surface area contributed by atoms with E-state index in [9.17, 15) is 9.59 Å². The molecule has 0 saturated heterocycles. The predicted molar refractivity (Wildman–Crippen MR) is 98.6 cm³/mol. The average Bonchev–Trinajstić information content (AvgIpc) is 2.63. The fourth-order valence-electron chi connectivity index (χ4n) is 2.51. The summed E-state index contributed by atoms with van der Waals surface area (Å²) in [5, 5.41) is 2.73. The third-order valence-corrected chi connectivity index (χ3v) is 3.77. The number of nitrogens with one attached hydrogen (secondary N) is 1. The van der Waals surface area contributed by atoms with Gasteiger partial charge < -0.3 is 11.1 Å². The molecule has 0 radical (unpaired) electrons. The molecule has 0 fully saturated rings. The number of nitrogen functional groups attached to an aromatic ring is 1. The molecule has 0 unspecified atom stereocenters. The van der Waals surface area contributed by atoms with Gasteiger partial charge in [0.1, 0.15) is 0 Å². The van der Waals surface area contributed by atoms with E-state index in [2.05, 4.69) is 20.3 Å². The minimum atomic E-state index is -0.347. The van der Waals surface area contributed by atoms with Crippen molar-refractivity contribution >= 4 is 23.2 Å². The van der Waals surface area contributed by atoms with Gasteiger partial charge in [-0.2, -0.15) is 0 Å². The SMILES string of the molecule is CC(=O)Nc1ccc(C)c(-c2cnc(N)c(C(=O)c3cccnc3)n2)c1. The Labute approximate surface area is 150 Å². The van der Waals surface area contributed by atoms with Crippen LogP contribution in [0.5, 0.6) is 0 Å². The lowest BCUT2D eigenvalue weighted by molar-refractivity contribution is -0.114. The monoisotopic (exact) mass is 347 g/mol. The highest BCUT2D eigenvalue weighted by Gasteiger charge is 2.17. The number of amides is 1. The third-order valence-electron chi connectivity index (χ3n) is 3.77. The summed E-state index contributed by atoms with van der Waals surface area (Å²) in [7, 11) is 0. The molecule has 1 amide bonds. The lowest BCUT2D eigenvalue weighted by Crippen LogP contribution is -2.11. The van der Waals surface area contributed by atoms with Crippen LogP contribution in [-0.4, -0.2) is 26.6 Å². The molecule has 7 nitrogen and oxygen atoms in total. The van der Waals surface area contributed by atoms with Crippen LogP contribution >= 0.6 is 0 Å². The number of hydrogen-bond acceptors (Lipinski definition) is 6. The van der Waals surface area contributed by atoms with Crippen LogP contribution in [0.15, 0.2) is 48.9 Å². The number of ketones is 1. The van der Waals surface area contributed by atoms with Gasteiger partial charge in [-0.15, -0.1) is 0 Å². The summed E-state index contributed by atoms with van der Waals surface area (Å²) >= 11 is 0. The molecule has 3 aromatic rings. The number of aryl methyl sites for hydroxylation is 1. The van der Waals surface area contributed by atoms with Crippen LogP contribution in [0, 0.1) is 6.92 Å². The van der Waals surface area contributed by atoms with Crippen molar-refractivity contribution in [2.45, 2.75) is 13.8 Å². The zero-order valence-corrected chi connectivity index (χ0v) is 14.4. The second kappa shape index (κ2) is 7.10. The molecule has 0 atom stereocenters. The summed E-state index contributed by atoms with van der Waals surface area (Å²) in [6.07, 6.45) is 4.55. The molecule has 0 saturated carbocycles. The first-order valence-electron chi connectivity index (χ1n) is 7.91. The first-order chi connectivity index (χ1) is 12.5. The van der Waals surface area contributed by atoms with Crippen LogP contribution in [0.3, 0.4) is 0 Å². The molecule has 3 N–H and O–H groups in total. The Balaban J connectivity index is 2.05. The van der Waals surface area contributed by atoms with Crippen LogP contribution in [0.4, 0.5) is 11.5 Å². The van der Waals surface area contributed by atoms with Gasteiger partial charge in [-0.3, -0.25) is 14.6 Å². The van der Waals surface area contributed by atoms with Gasteiger partial charge in [-0.25, -0.2) is 9.97 Å². The van der Waals surface area contributed by atoms with E-state index in [1.807, 2.05) is 13.0 Å². The number of carbonyl (C=O) groups excluding carboxylic acids is 2. The van der Waals surface area contributed by atoms with Crippen molar-refractivity contribution in [3.05, 3.63) is 65.7 Å². The minimum absolute atomic E-state index is 0.0540. The number of hydrogen-bond donors (Lipinski definition) is 2. The molecule has 26 heavy (non-hydrogen) atoms. The quantitative estimate of drug-likeness (QED) is 0.702. The number of nitrogens with zero attached hydrogens (tertiary/aromatic N) is 3. The van der Waals surface area contributed by atoms with Gasteiger partial charge in [0.25, 0.3) is 0 Å². The highest BCUT2D eigenvalue weighted by atomic mass is 16.1. The first-order valence-corrected chi connectivity index (χ1v) is 7.91. The van der Waals surface area contributed by atoms with Crippen LogP contribution < -0.4 is 11.1 Å².